The molecule has 0 aromatic rings. The van der Waals surface area contributed by atoms with E-state index in [2.05, 4.69) is 25.7 Å². The lowest BCUT2D eigenvalue weighted by atomic mass is 9.76. The third-order valence-electron chi connectivity index (χ3n) is 5.16. The van der Waals surface area contributed by atoms with Gasteiger partial charge in [-0.15, -0.1) is 0 Å². The second-order valence-electron chi connectivity index (χ2n) is 7.18. The Hall–Kier alpha value is -0.0800. The summed E-state index contributed by atoms with van der Waals surface area (Å²) in [6.45, 7) is 11.0. The zero-order valence-electron chi connectivity index (χ0n) is 12.6. The lowest BCUT2D eigenvalue weighted by Gasteiger charge is -2.41. The Morgan fingerprint density at radius 3 is 2.33 bits per heavy atom. The van der Waals surface area contributed by atoms with E-state index in [-0.39, 0.29) is 0 Å². The van der Waals surface area contributed by atoms with Gasteiger partial charge in [-0.05, 0) is 49.4 Å². The third-order valence-corrected chi connectivity index (χ3v) is 5.16. The summed E-state index contributed by atoms with van der Waals surface area (Å²) in [7, 11) is 0. The van der Waals surface area contributed by atoms with Crippen LogP contribution >= 0.6 is 0 Å². The van der Waals surface area contributed by atoms with Crippen molar-refractivity contribution in [2.75, 3.05) is 19.6 Å². The number of hydrogen-bond acceptors (Lipinski definition) is 2. The monoisotopic (exact) mass is 252 g/mol. The fraction of sp³-hybridized carbons (Fsp3) is 1.00. The van der Waals surface area contributed by atoms with Gasteiger partial charge in [-0.3, -0.25) is 0 Å². The lowest BCUT2D eigenvalue weighted by Crippen LogP contribution is -2.47. The van der Waals surface area contributed by atoms with Gasteiger partial charge < -0.3 is 10.6 Å². The summed E-state index contributed by atoms with van der Waals surface area (Å²) in [4.78, 5) is 2.70. The predicted octanol–water partition coefficient (Wildman–Crippen LogP) is 3.12. The Balaban J connectivity index is 1.86. The van der Waals surface area contributed by atoms with E-state index in [1.165, 1.54) is 51.7 Å². The maximum absolute atomic E-state index is 6.36. The van der Waals surface area contributed by atoms with Crippen molar-refractivity contribution in [2.45, 2.75) is 58.9 Å². The first-order valence-electron chi connectivity index (χ1n) is 8.06. The van der Waals surface area contributed by atoms with Crippen LogP contribution in [0.25, 0.3) is 0 Å². The number of nitrogens with zero attached hydrogens (tertiary/aromatic N) is 1. The Labute approximate surface area is 113 Å². The molecule has 1 aliphatic heterocycles. The summed E-state index contributed by atoms with van der Waals surface area (Å²) in [5, 5.41) is 0. The van der Waals surface area contributed by atoms with Crippen LogP contribution in [0, 0.1) is 23.7 Å². The van der Waals surface area contributed by atoms with Crippen molar-refractivity contribution in [3.8, 4) is 0 Å². The molecule has 0 spiro atoms. The average Bonchev–Trinajstić information content (AvgIpc) is 2.30. The van der Waals surface area contributed by atoms with Crippen molar-refractivity contribution >= 4 is 0 Å². The predicted molar refractivity (Wildman–Crippen MR) is 78.5 cm³/mol. The summed E-state index contributed by atoms with van der Waals surface area (Å²) >= 11 is 0. The minimum absolute atomic E-state index is 0.459. The van der Waals surface area contributed by atoms with Gasteiger partial charge in [0.1, 0.15) is 0 Å². The van der Waals surface area contributed by atoms with Gasteiger partial charge in [0.2, 0.25) is 0 Å². The van der Waals surface area contributed by atoms with Crippen LogP contribution in [0.15, 0.2) is 0 Å². The molecular formula is C16H32N2. The molecule has 106 valence electrons. The molecule has 2 rings (SSSR count). The fourth-order valence-corrected chi connectivity index (χ4v) is 4.24. The summed E-state index contributed by atoms with van der Waals surface area (Å²) in [6.07, 6.45) is 6.74. The van der Waals surface area contributed by atoms with Gasteiger partial charge in [-0.25, -0.2) is 0 Å². The Bertz CT molecular complexity index is 243. The van der Waals surface area contributed by atoms with Gasteiger partial charge >= 0.3 is 0 Å². The molecule has 2 nitrogen and oxygen atoms in total. The molecule has 0 aromatic heterocycles. The minimum atomic E-state index is 0.459. The van der Waals surface area contributed by atoms with Crippen LogP contribution in [0.2, 0.25) is 0 Å². The van der Waals surface area contributed by atoms with Gasteiger partial charge in [0, 0.05) is 25.7 Å². The first kappa shape index (κ1) is 14.3. The van der Waals surface area contributed by atoms with Crippen molar-refractivity contribution < 1.29 is 0 Å². The first-order chi connectivity index (χ1) is 8.58. The van der Waals surface area contributed by atoms with E-state index in [1.807, 2.05) is 0 Å². The summed E-state index contributed by atoms with van der Waals surface area (Å²) in [5.41, 5.74) is 6.36. The molecule has 1 saturated carbocycles. The number of rotatable bonds is 3. The molecule has 5 unspecified atom stereocenters. The summed E-state index contributed by atoms with van der Waals surface area (Å²) < 4.78 is 0. The van der Waals surface area contributed by atoms with Gasteiger partial charge in [-0.1, -0.05) is 27.2 Å². The van der Waals surface area contributed by atoms with Crippen molar-refractivity contribution in [3.63, 3.8) is 0 Å². The molecule has 1 aliphatic carbocycles. The van der Waals surface area contributed by atoms with E-state index >= 15 is 0 Å². The Morgan fingerprint density at radius 2 is 1.72 bits per heavy atom. The van der Waals surface area contributed by atoms with E-state index in [0.29, 0.717) is 6.04 Å². The normalized spacial score (nSPS) is 43.0. The van der Waals surface area contributed by atoms with E-state index in [4.69, 9.17) is 5.73 Å². The van der Waals surface area contributed by atoms with Gasteiger partial charge in [0.15, 0.2) is 0 Å². The topological polar surface area (TPSA) is 29.3 Å². The molecule has 18 heavy (non-hydrogen) atoms. The highest BCUT2D eigenvalue weighted by atomic mass is 15.1. The molecule has 2 fully saturated rings. The van der Waals surface area contributed by atoms with Crippen molar-refractivity contribution in [1.82, 2.24) is 4.90 Å². The second kappa shape index (κ2) is 6.38. The van der Waals surface area contributed by atoms with Crippen LogP contribution in [-0.2, 0) is 0 Å². The third kappa shape index (κ3) is 3.71. The van der Waals surface area contributed by atoms with Crippen LogP contribution in [0.4, 0.5) is 0 Å². The van der Waals surface area contributed by atoms with Gasteiger partial charge in [-0.2, -0.15) is 0 Å². The van der Waals surface area contributed by atoms with Crippen LogP contribution in [0.5, 0.6) is 0 Å². The maximum Gasteiger partial charge on any atom is 0.00795 e. The molecule has 0 amide bonds. The van der Waals surface area contributed by atoms with Gasteiger partial charge in [0.25, 0.3) is 0 Å². The molecule has 2 aliphatic rings. The largest absolute Gasteiger partial charge is 0.327 e. The average molecular weight is 252 g/mol. The SMILES string of the molecule is CCC1CCC(N)C(CN2CC(C)CC(C)C2)C1. The summed E-state index contributed by atoms with van der Waals surface area (Å²) in [6, 6.07) is 0.459. The quantitative estimate of drug-likeness (QED) is 0.836. The van der Waals surface area contributed by atoms with E-state index in [0.717, 1.165) is 23.7 Å². The Kier molecular flexibility index (Phi) is 5.08. The molecule has 1 saturated heterocycles. The number of likely N-dealkylation sites (tertiary alicyclic amines) is 1. The molecule has 5 atom stereocenters. The second-order valence-corrected chi connectivity index (χ2v) is 7.18. The summed E-state index contributed by atoms with van der Waals surface area (Å²) in [5.74, 6) is 3.43. The van der Waals surface area contributed by atoms with Gasteiger partial charge in [0.05, 0.1) is 0 Å². The number of nitrogens with two attached hydrogens (primary N) is 1. The zero-order chi connectivity index (χ0) is 13.1. The molecule has 0 radical (unpaired) electrons. The molecule has 2 heteroatoms. The molecule has 1 heterocycles. The van der Waals surface area contributed by atoms with E-state index < -0.39 is 0 Å². The smallest absolute Gasteiger partial charge is 0.00795 e. The molecule has 0 bridgehead atoms. The molecular weight excluding hydrogens is 220 g/mol. The highest BCUT2D eigenvalue weighted by molar-refractivity contribution is 4.86. The fourth-order valence-electron chi connectivity index (χ4n) is 4.24. The zero-order valence-corrected chi connectivity index (χ0v) is 12.6. The van der Waals surface area contributed by atoms with Crippen LogP contribution in [0.1, 0.15) is 52.9 Å². The minimum Gasteiger partial charge on any atom is -0.327 e. The van der Waals surface area contributed by atoms with Crippen LogP contribution in [0.3, 0.4) is 0 Å². The van der Waals surface area contributed by atoms with Crippen molar-refractivity contribution in [3.05, 3.63) is 0 Å². The highest BCUT2D eigenvalue weighted by Gasteiger charge is 2.30. The van der Waals surface area contributed by atoms with Crippen molar-refractivity contribution in [1.29, 1.82) is 0 Å². The van der Waals surface area contributed by atoms with E-state index in [9.17, 15) is 0 Å². The Morgan fingerprint density at radius 1 is 1.06 bits per heavy atom. The lowest BCUT2D eigenvalue weighted by molar-refractivity contribution is 0.0944. The molecule has 0 aromatic carbocycles. The maximum atomic E-state index is 6.36. The van der Waals surface area contributed by atoms with E-state index in [1.54, 1.807) is 0 Å². The number of hydrogen-bond donors (Lipinski definition) is 1. The standard InChI is InChI=1S/C16H32N2/c1-4-14-5-6-16(17)15(8-14)11-18-9-12(2)7-13(3)10-18/h12-16H,4-11,17H2,1-3H3. The van der Waals surface area contributed by atoms with Crippen LogP contribution in [-0.4, -0.2) is 30.6 Å². The number of piperidine rings is 1. The molecule has 2 N–H and O–H groups in total. The highest BCUT2D eigenvalue weighted by Crippen LogP contribution is 2.32. The van der Waals surface area contributed by atoms with Crippen molar-refractivity contribution in [2.24, 2.45) is 29.4 Å². The first-order valence-corrected chi connectivity index (χ1v) is 8.06. The van der Waals surface area contributed by atoms with Crippen LogP contribution < -0.4 is 5.73 Å².